The van der Waals surface area contributed by atoms with Gasteiger partial charge in [-0.25, -0.2) is 4.79 Å². The van der Waals surface area contributed by atoms with Crippen LogP contribution in [-0.2, 0) is 11.3 Å². The first-order chi connectivity index (χ1) is 8.17. The van der Waals surface area contributed by atoms with E-state index in [-0.39, 0.29) is 5.97 Å². The van der Waals surface area contributed by atoms with Crippen molar-refractivity contribution in [2.24, 2.45) is 5.73 Å². The summed E-state index contributed by atoms with van der Waals surface area (Å²) < 4.78 is 6.11. The zero-order chi connectivity index (χ0) is 12.4. The molecule has 1 heterocycles. The average Bonchev–Trinajstić information content (AvgIpc) is 2.67. The van der Waals surface area contributed by atoms with Crippen LogP contribution in [0.15, 0.2) is 18.2 Å². The van der Waals surface area contributed by atoms with E-state index in [0.29, 0.717) is 18.8 Å². The van der Waals surface area contributed by atoms with E-state index in [1.165, 1.54) is 0 Å². The number of H-pyrrole nitrogens is 1. The third-order valence-corrected chi connectivity index (χ3v) is 3.22. The van der Waals surface area contributed by atoms with Crippen LogP contribution in [0.1, 0.15) is 23.0 Å². The normalized spacial score (nSPS) is 10.8. The number of hydrogen-bond donors (Lipinski definition) is 2. The largest absolute Gasteiger partial charge is 0.461 e. The lowest BCUT2D eigenvalue weighted by Crippen LogP contribution is -2.10. The van der Waals surface area contributed by atoms with Crippen LogP contribution < -0.4 is 5.73 Å². The van der Waals surface area contributed by atoms with E-state index in [1.807, 2.05) is 18.2 Å². The van der Waals surface area contributed by atoms with E-state index in [2.05, 4.69) is 27.6 Å². The van der Waals surface area contributed by atoms with Crippen LogP contribution in [0, 0.1) is 3.57 Å². The Kier molecular flexibility index (Phi) is 3.68. The number of nitrogens with one attached hydrogen (secondary N) is 1. The Hall–Kier alpha value is -1.08. The summed E-state index contributed by atoms with van der Waals surface area (Å²) in [5.41, 5.74) is 7.91. The summed E-state index contributed by atoms with van der Waals surface area (Å²) in [5, 5.41) is 0.988. The third kappa shape index (κ3) is 2.30. The summed E-state index contributed by atoms with van der Waals surface area (Å²) in [7, 11) is 0. The Labute approximate surface area is 113 Å². The number of hydrogen-bond acceptors (Lipinski definition) is 3. The maximum Gasteiger partial charge on any atom is 0.355 e. The summed E-state index contributed by atoms with van der Waals surface area (Å²) in [4.78, 5) is 14.8. The number of aromatic nitrogens is 1. The van der Waals surface area contributed by atoms with Crippen LogP contribution in [0.4, 0.5) is 0 Å². The van der Waals surface area contributed by atoms with Gasteiger partial charge in [-0.15, -0.1) is 0 Å². The summed E-state index contributed by atoms with van der Waals surface area (Å²) in [5.74, 6) is -0.348. The fourth-order valence-electron chi connectivity index (χ4n) is 1.81. The van der Waals surface area contributed by atoms with E-state index in [0.717, 1.165) is 20.0 Å². The van der Waals surface area contributed by atoms with Crippen molar-refractivity contribution in [2.75, 3.05) is 6.61 Å². The fourth-order valence-corrected chi connectivity index (χ4v) is 2.30. The molecular formula is C12H13IN2O2. The topological polar surface area (TPSA) is 68.1 Å². The molecule has 1 aromatic heterocycles. The minimum absolute atomic E-state index is 0.314. The molecular weight excluding hydrogens is 331 g/mol. The SMILES string of the molecule is CCOC(=O)c1[nH]c2ccc(I)cc2c1CN. The molecule has 0 aliphatic carbocycles. The van der Waals surface area contributed by atoms with Crippen molar-refractivity contribution in [2.45, 2.75) is 13.5 Å². The quantitative estimate of drug-likeness (QED) is 0.664. The third-order valence-electron chi connectivity index (χ3n) is 2.55. The van der Waals surface area contributed by atoms with Crippen LogP contribution in [0.5, 0.6) is 0 Å². The van der Waals surface area contributed by atoms with Crippen molar-refractivity contribution in [1.82, 2.24) is 4.98 Å². The second-order valence-electron chi connectivity index (χ2n) is 3.59. The molecule has 90 valence electrons. The van der Waals surface area contributed by atoms with E-state index in [9.17, 15) is 4.79 Å². The smallest absolute Gasteiger partial charge is 0.355 e. The minimum atomic E-state index is -0.348. The molecule has 0 saturated carbocycles. The van der Waals surface area contributed by atoms with Gasteiger partial charge in [0.05, 0.1) is 6.61 Å². The maximum absolute atomic E-state index is 11.8. The van der Waals surface area contributed by atoms with Crippen molar-refractivity contribution in [3.8, 4) is 0 Å². The monoisotopic (exact) mass is 344 g/mol. The molecule has 2 rings (SSSR count). The molecule has 0 radical (unpaired) electrons. The highest BCUT2D eigenvalue weighted by Gasteiger charge is 2.17. The van der Waals surface area contributed by atoms with Gasteiger partial charge in [0.1, 0.15) is 5.69 Å². The number of carbonyl (C=O) groups is 1. The number of ether oxygens (including phenoxy) is 1. The summed E-state index contributed by atoms with van der Waals surface area (Å²) in [6.45, 7) is 2.45. The van der Waals surface area contributed by atoms with Crippen molar-refractivity contribution in [3.05, 3.63) is 33.0 Å². The number of fused-ring (bicyclic) bond motifs is 1. The Balaban J connectivity index is 2.60. The number of halogens is 1. The number of esters is 1. The van der Waals surface area contributed by atoms with Crippen molar-refractivity contribution < 1.29 is 9.53 Å². The fraction of sp³-hybridized carbons (Fsp3) is 0.250. The van der Waals surface area contributed by atoms with Crippen LogP contribution in [0.25, 0.3) is 10.9 Å². The van der Waals surface area contributed by atoms with Gasteiger partial charge < -0.3 is 15.5 Å². The Bertz CT molecular complexity index is 563. The number of benzene rings is 1. The molecule has 0 unspecified atom stereocenters. The molecule has 0 aliphatic heterocycles. The molecule has 1 aromatic carbocycles. The standard InChI is InChI=1S/C12H13IN2O2/c1-2-17-12(16)11-9(6-14)8-5-7(13)3-4-10(8)15-11/h3-5,15H,2,6,14H2,1H3. The number of rotatable bonds is 3. The van der Waals surface area contributed by atoms with Gasteiger partial charge in [0, 0.05) is 26.6 Å². The summed E-state index contributed by atoms with van der Waals surface area (Å²) in [6, 6.07) is 5.94. The molecule has 0 atom stereocenters. The molecule has 0 aliphatic rings. The Morgan fingerprint density at radius 1 is 1.53 bits per heavy atom. The van der Waals surface area contributed by atoms with Crippen molar-refractivity contribution in [1.29, 1.82) is 0 Å². The molecule has 17 heavy (non-hydrogen) atoms. The highest BCUT2D eigenvalue weighted by atomic mass is 127. The van der Waals surface area contributed by atoms with Gasteiger partial charge in [-0.05, 0) is 47.7 Å². The van der Waals surface area contributed by atoms with Crippen LogP contribution >= 0.6 is 22.6 Å². The zero-order valence-electron chi connectivity index (χ0n) is 9.42. The summed E-state index contributed by atoms with van der Waals surface area (Å²) >= 11 is 2.23. The first-order valence-corrected chi connectivity index (χ1v) is 6.42. The highest BCUT2D eigenvalue weighted by molar-refractivity contribution is 14.1. The average molecular weight is 344 g/mol. The maximum atomic E-state index is 11.8. The van der Waals surface area contributed by atoms with Gasteiger partial charge in [-0.1, -0.05) is 0 Å². The van der Waals surface area contributed by atoms with Gasteiger partial charge >= 0.3 is 5.97 Å². The van der Waals surface area contributed by atoms with Crippen LogP contribution in [-0.4, -0.2) is 17.6 Å². The first-order valence-electron chi connectivity index (χ1n) is 5.34. The van der Waals surface area contributed by atoms with E-state index in [1.54, 1.807) is 6.92 Å². The number of aromatic amines is 1. The van der Waals surface area contributed by atoms with Gasteiger partial charge in [-0.2, -0.15) is 0 Å². The molecule has 5 heteroatoms. The molecule has 0 bridgehead atoms. The number of carbonyl (C=O) groups excluding carboxylic acids is 1. The molecule has 0 amide bonds. The lowest BCUT2D eigenvalue weighted by molar-refractivity contribution is 0.0519. The van der Waals surface area contributed by atoms with E-state index < -0.39 is 0 Å². The Morgan fingerprint density at radius 2 is 2.29 bits per heavy atom. The predicted octanol–water partition coefficient (Wildman–Crippen LogP) is 2.41. The van der Waals surface area contributed by atoms with E-state index in [4.69, 9.17) is 10.5 Å². The molecule has 0 spiro atoms. The molecule has 0 saturated heterocycles. The second kappa shape index (κ2) is 5.05. The zero-order valence-corrected chi connectivity index (χ0v) is 11.6. The second-order valence-corrected chi connectivity index (χ2v) is 4.84. The van der Waals surface area contributed by atoms with Crippen LogP contribution in [0.2, 0.25) is 0 Å². The first kappa shape index (κ1) is 12.4. The number of nitrogens with two attached hydrogens (primary N) is 1. The molecule has 3 N–H and O–H groups in total. The minimum Gasteiger partial charge on any atom is -0.461 e. The molecule has 2 aromatic rings. The van der Waals surface area contributed by atoms with Gasteiger partial charge in [0.25, 0.3) is 0 Å². The van der Waals surface area contributed by atoms with Gasteiger partial charge in [0.15, 0.2) is 0 Å². The molecule has 4 nitrogen and oxygen atoms in total. The highest BCUT2D eigenvalue weighted by Crippen LogP contribution is 2.24. The lowest BCUT2D eigenvalue weighted by atomic mass is 10.1. The van der Waals surface area contributed by atoms with E-state index >= 15 is 0 Å². The molecule has 0 fully saturated rings. The van der Waals surface area contributed by atoms with Crippen LogP contribution in [0.3, 0.4) is 0 Å². The van der Waals surface area contributed by atoms with Gasteiger partial charge in [0.2, 0.25) is 0 Å². The lowest BCUT2D eigenvalue weighted by Gasteiger charge is -2.01. The summed E-state index contributed by atoms with van der Waals surface area (Å²) in [6.07, 6.45) is 0. The predicted molar refractivity (Wildman–Crippen MR) is 74.9 cm³/mol. The van der Waals surface area contributed by atoms with Crippen molar-refractivity contribution in [3.63, 3.8) is 0 Å². The Morgan fingerprint density at radius 3 is 2.94 bits per heavy atom. The van der Waals surface area contributed by atoms with Gasteiger partial charge in [-0.3, -0.25) is 0 Å². The van der Waals surface area contributed by atoms with Crippen molar-refractivity contribution >= 4 is 39.5 Å².